The number of likely N-dealkylation sites (N-methyl/N-ethyl adjacent to an activating group) is 1. The molecule has 2 rings (SSSR count). The average molecular weight is 237 g/mol. The molecule has 1 saturated heterocycles. The zero-order valence-corrected chi connectivity index (χ0v) is 10.5. The first kappa shape index (κ1) is 11.7. The number of nitrogens with one attached hydrogen (secondary N) is 1. The van der Waals surface area contributed by atoms with Gasteiger partial charge in [-0.15, -0.1) is 0 Å². The number of anilines is 1. The van der Waals surface area contributed by atoms with Gasteiger partial charge in [0.1, 0.15) is 5.82 Å². The topological polar surface area (TPSA) is 50.9 Å². The summed E-state index contributed by atoms with van der Waals surface area (Å²) in [7, 11) is 2.04. The third-order valence-corrected chi connectivity index (χ3v) is 4.67. The zero-order chi connectivity index (χ0) is 11.4. The summed E-state index contributed by atoms with van der Waals surface area (Å²) < 4.78 is 0. The number of rotatable bonds is 4. The number of hydrogen-bond acceptors (Lipinski definition) is 4. The Bertz CT molecular complexity index is 337. The number of nitrogens with two attached hydrogens (primary N) is 1. The molecular formula is C12H19N3S. The lowest BCUT2D eigenvalue weighted by Crippen LogP contribution is -2.36. The van der Waals surface area contributed by atoms with Crippen molar-refractivity contribution in [2.24, 2.45) is 0 Å². The van der Waals surface area contributed by atoms with Gasteiger partial charge in [-0.3, -0.25) is 0 Å². The third-order valence-electron chi connectivity index (χ3n) is 3.15. The molecule has 88 valence electrons. The second-order valence-electron chi connectivity index (χ2n) is 4.20. The van der Waals surface area contributed by atoms with E-state index in [2.05, 4.69) is 28.1 Å². The van der Waals surface area contributed by atoms with Gasteiger partial charge in [0.25, 0.3) is 0 Å². The number of hydrogen-bond donors (Lipinski definition) is 2. The minimum absolute atomic E-state index is 0.513. The Morgan fingerprint density at radius 2 is 2.56 bits per heavy atom. The molecule has 1 aromatic rings. The van der Waals surface area contributed by atoms with Crippen LogP contribution in [-0.4, -0.2) is 29.1 Å². The highest BCUT2D eigenvalue weighted by Crippen LogP contribution is 2.30. The minimum Gasteiger partial charge on any atom is -0.383 e. The Labute approximate surface area is 101 Å². The lowest BCUT2D eigenvalue weighted by Gasteiger charge is -2.22. The molecule has 0 aliphatic carbocycles. The van der Waals surface area contributed by atoms with Crippen molar-refractivity contribution >= 4 is 17.6 Å². The zero-order valence-electron chi connectivity index (χ0n) is 9.65. The third kappa shape index (κ3) is 2.68. The van der Waals surface area contributed by atoms with Gasteiger partial charge in [0.15, 0.2) is 0 Å². The molecule has 2 heterocycles. The van der Waals surface area contributed by atoms with Crippen LogP contribution in [0.15, 0.2) is 18.3 Å². The molecule has 3 N–H and O–H groups in total. The van der Waals surface area contributed by atoms with Crippen molar-refractivity contribution < 1.29 is 0 Å². The molecule has 16 heavy (non-hydrogen) atoms. The lowest BCUT2D eigenvalue weighted by molar-refractivity contribution is 0.524. The number of aromatic nitrogens is 1. The molecular weight excluding hydrogens is 218 g/mol. The largest absolute Gasteiger partial charge is 0.383 e. The second-order valence-corrected chi connectivity index (χ2v) is 5.55. The minimum atomic E-state index is 0.513. The summed E-state index contributed by atoms with van der Waals surface area (Å²) in [6.45, 7) is 0. The Kier molecular flexibility index (Phi) is 4.07. The first-order chi connectivity index (χ1) is 7.81. The molecule has 1 aliphatic heterocycles. The maximum atomic E-state index is 5.88. The fraction of sp³-hybridized carbons (Fsp3) is 0.583. The predicted molar refractivity (Wildman–Crippen MR) is 70.7 cm³/mol. The molecule has 2 unspecified atom stereocenters. The van der Waals surface area contributed by atoms with Crippen LogP contribution in [0.2, 0.25) is 0 Å². The first-order valence-electron chi connectivity index (χ1n) is 5.79. The van der Waals surface area contributed by atoms with Gasteiger partial charge in [-0.1, -0.05) is 6.07 Å². The summed E-state index contributed by atoms with van der Waals surface area (Å²) in [5, 5.41) is 4.14. The maximum Gasteiger partial charge on any atom is 0.126 e. The highest BCUT2D eigenvalue weighted by atomic mass is 32.2. The standard InChI is InChI=1S/C12H19N3S/c1-14-10(11-5-3-7-16-11)8-9-4-2-6-15-12(9)13/h2,4,6,10-11,14H,3,5,7-8H2,1H3,(H2,13,15). The summed E-state index contributed by atoms with van der Waals surface area (Å²) in [5.41, 5.74) is 7.04. The van der Waals surface area contributed by atoms with Crippen molar-refractivity contribution in [3.8, 4) is 0 Å². The van der Waals surface area contributed by atoms with E-state index in [4.69, 9.17) is 5.73 Å². The SMILES string of the molecule is CNC(Cc1cccnc1N)C1CCCS1. The summed E-state index contributed by atoms with van der Waals surface area (Å²) in [5.74, 6) is 1.97. The molecule has 2 atom stereocenters. The van der Waals surface area contributed by atoms with Crippen LogP contribution in [0.25, 0.3) is 0 Å². The van der Waals surface area contributed by atoms with Crippen molar-refractivity contribution in [2.45, 2.75) is 30.6 Å². The molecule has 1 aliphatic rings. The van der Waals surface area contributed by atoms with Gasteiger partial charge in [-0.25, -0.2) is 4.98 Å². The molecule has 1 fully saturated rings. The normalized spacial score (nSPS) is 22.2. The van der Waals surface area contributed by atoms with Crippen LogP contribution >= 0.6 is 11.8 Å². The van der Waals surface area contributed by atoms with Crippen LogP contribution in [0.3, 0.4) is 0 Å². The van der Waals surface area contributed by atoms with Crippen molar-refractivity contribution in [3.05, 3.63) is 23.9 Å². The van der Waals surface area contributed by atoms with E-state index in [1.54, 1.807) is 6.20 Å². The van der Waals surface area contributed by atoms with Gasteiger partial charge < -0.3 is 11.1 Å². The van der Waals surface area contributed by atoms with E-state index in [1.807, 2.05) is 13.1 Å². The van der Waals surface area contributed by atoms with Gasteiger partial charge in [-0.2, -0.15) is 11.8 Å². The van der Waals surface area contributed by atoms with Crippen LogP contribution in [0.5, 0.6) is 0 Å². The lowest BCUT2D eigenvalue weighted by atomic mass is 10.0. The van der Waals surface area contributed by atoms with Gasteiger partial charge in [0, 0.05) is 17.5 Å². The van der Waals surface area contributed by atoms with E-state index in [0.717, 1.165) is 17.2 Å². The Morgan fingerprint density at radius 3 is 3.19 bits per heavy atom. The molecule has 3 nitrogen and oxygen atoms in total. The van der Waals surface area contributed by atoms with Crippen LogP contribution in [0.1, 0.15) is 18.4 Å². The van der Waals surface area contributed by atoms with Crippen molar-refractivity contribution in [2.75, 3.05) is 18.5 Å². The molecule has 0 radical (unpaired) electrons. The predicted octanol–water partition coefficient (Wildman–Crippen LogP) is 1.69. The highest BCUT2D eigenvalue weighted by molar-refractivity contribution is 8.00. The van der Waals surface area contributed by atoms with E-state index < -0.39 is 0 Å². The van der Waals surface area contributed by atoms with Crippen LogP contribution in [0, 0.1) is 0 Å². The van der Waals surface area contributed by atoms with Gasteiger partial charge in [0.05, 0.1) is 0 Å². The molecule has 0 bridgehead atoms. The Morgan fingerprint density at radius 1 is 1.69 bits per heavy atom. The van der Waals surface area contributed by atoms with E-state index >= 15 is 0 Å². The van der Waals surface area contributed by atoms with Crippen molar-refractivity contribution in [1.29, 1.82) is 0 Å². The van der Waals surface area contributed by atoms with Gasteiger partial charge in [0.2, 0.25) is 0 Å². The molecule has 0 aromatic carbocycles. The van der Waals surface area contributed by atoms with Gasteiger partial charge >= 0.3 is 0 Å². The smallest absolute Gasteiger partial charge is 0.126 e. The molecule has 1 aromatic heterocycles. The van der Waals surface area contributed by atoms with Crippen LogP contribution in [0.4, 0.5) is 5.82 Å². The van der Waals surface area contributed by atoms with Crippen LogP contribution < -0.4 is 11.1 Å². The number of nitrogens with zero attached hydrogens (tertiary/aromatic N) is 1. The molecule has 0 spiro atoms. The fourth-order valence-corrected chi connectivity index (χ4v) is 3.63. The van der Waals surface area contributed by atoms with Crippen LogP contribution in [-0.2, 0) is 6.42 Å². The van der Waals surface area contributed by atoms with E-state index in [-0.39, 0.29) is 0 Å². The Balaban J connectivity index is 2.03. The summed E-state index contributed by atoms with van der Waals surface area (Å²) in [6.07, 6.45) is 5.39. The van der Waals surface area contributed by atoms with E-state index in [1.165, 1.54) is 18.6 Å². The number of thioether (sulfide) groups is 1. The second kappa shape index (κ2) is 5.55. The summed E-state index contributed by atoms with van der Waals surface area (Å²) in [4.78, 5) is 4.14. The molecule has 0 amide bonds. The Hall–Kier alpha value is -0.740. The van der Waals surface area contributed by atoms with Crippen molar-refractivity contribution in [3.63, 3.8) is 0 Å². The molecule has 0 saturated carbocycles. The number of pyridine rings is 1. The monoisotopic (exact) mass is 237 g/mol. The summed E-state index contributed by atoms with van der Waals surface area (Å²) in [6, 6.07) is 4.55. The maximum absolute atomic E-state index is 5.88. The fourth-order valence-electron chi connectivity index (χ4n) is 2.20. The summed E-state index contributed by atoms with van der Waals surface area (Å²) >= 11 is 2.08. The highest BCUT2D eigenvalue weighted by Gasteiger charge is 2.24. The van der Waals surface area contributed by atoms with Crippen molar-refractivity contribution in [1.82, 2.24) is 10.3 Å². The molecule has 4 heteroatoms. The average Bonchev–Trinajstić information content (AvgIpc) is 2.81. The number of nitrogen functional groups attached to an aromatic ring is 1. The quantitative estimate of drug-likeness (QED) is 0.837. The van der Waals surface area contributed by atoms with Gasteiger partial charge in [-0.05, 0) is 43.7 Å². The van der Waals surface area contributed by atoms with E-state index in [0.29, 0.717) is 11.9 Å². The first-order valence-corrected chi connectivity index (χ1v) is 6.84. The van der Waals surface area contributed by atoms with E-state index in [9.17, 15) is 0 Å².